The first kappa shape index (κ1) is 13.2. The van der Waals surface area contributed by atoms with Gasteiger partial charge in [-0.2, -0.15) is 0 Å². The molecule has 0 saturated heterocycles. The van der Waals surface area contributed by atoms with E-state index in [4.69, 9.17) is 4.74 Å². The van der Waals surface area contributed by atoms with Gasteiger partial charge in [-0.05, 0) is 24.3 Å². The number of benzene rings is 1. The van der Waals surface area contributed by atoms with Crippen molar-refractivity contribution in [2.24, 2.45) is 0 Å². The van der Waals surface area contributed by atoms with Crippen molar-refractivity contribution in [3.05, 3.63) is 54.0 Å². The summed E-state index contributed by atoms with van der Waals surface area (Å²) in [5.41, 5.74) is 0.619. The summed E-state index contributed by atoms with van der Waals surface area (Å²) in [7, 11) is -2.02. The molecular formula is C13H12N2O3S. The fourth-order valence-electron chi connectivity index (χ4n) is 1.42. The first-order chi connectivity index (χ1) is 9.12. The third-order valence-corrected chi connectivity index (χ3v) is 3.80. The number of sulfone groups is 1. The van der Waals surface area contributed by atoms with E-state index in [1.165, 1.54) is 44.0 Å². The number of hydrogen-bond donors (Lipinski definition) is 0. The van der Waals surface area contributed by atoms with E-state index in [9.17, 15) is 8.42 Å². The van der Waals surface area contributed by atoms with E-state index >= 15 is 0 Å². The molecule has 0 aliphatic carbocycles. The Morgan fingerprint density at radius 2 is 1.95 bits per heavy atom. The molecule has 0 radical (unpaired) electrons. The molecule has 0 atom stereocenters. The highest BCUT2D eigenvalue weighted by molar-refractivity contribution is 7.94. The van der Waals surface area contributed by atoms with Gasteiger partial charge in [0, 0.05) is 23.4 Å². The molecule has 19 heavy (non-hydrogen) atoms. The molecule has 0 spiro atoms. The maximum atomic E-state index is 12.1. The van der Waals surface area contributed by atoms with Crippen molar-refractivity contribution in [3.8, 4) is 5.75 Å². The normalized spacial score (nSPS) is 11.6. The molecule has 98 valence electrons. The molecule has 0 N–H and O–H groups in total. The molecule has 0 saturated carbocycles. The van der Waals surface area contributed by atoms with Gasteiger partial charge in [0.15, 0.2) is 9.84 Å². The lowest BCUT2D eigenvalue weighted by atomic mass is 10.3. The van der Waals surface area contributed by atoms with Gasteiger partial charge in [-0.3, -0.25) is 0 Å². The van der Waals surface area contributed by atoms with Gasteiger partial charge in [0.25, 0.3) is 0 Å². The number of nitrogens with zero attached hydrogens (tertiary/aromatic N) is 2. The number of methoxy groups -OCH3 is 1. The van der Waals surface area contributed by atoms with Gasteiger partial charge >= 0.3 is 0 Å². The Balaban J connectivity index is 2.30. The first-order valence-corrected chi connectivity index (χ1v) is 6.99. The number of hydrogen-bond acceptors (Lipinski definition) is 5. The highest BCUT2D eigenvalue weighted by atomic mass is 32.2. The summed E-state index contributed by atoms with van der Waals surface area (Å²) in [6, 6.07) is 6.31. The quantitative estimate of drug-likeness (QED) is 0.853. The van der Waals surface area contributed by atoms with Crippen LogP contribution in [0.15, 0.2) is 53.3 Å². The second-order valence-electron chi connectivity index (χ2n) is 3.70. The van der Waals surface area contributed by atoms with Crippen molar-refractivity contribution < 1.29 is 13.2 Å². The Bertz CT molecular complexity index is 682. The predicted molar refractivity (Wildman–Crippen MR) is 71.2 cm³/mol. The summed E-state index contributed by atoms with van der Waals surface area (Å²) in [5.74, 6) is 0.498. The van der Waals surface area contributed by atoms with Crippen LogP contribution in [0.25, 0.3) is 6.08 Å². The minimum Gasteiger partial charge on any atom is -0.497 e. The molecule has 0 unspecified atom stereocenters. The lowest BCUT2D eigenvalue weighted by Crippen LogP contribution is -1.96. The van der Waals surface area contributed by atoms with Gasteiger partial charge in [-0.25, -0.2) is 18.4 Å². The van der Waals surface area contributed by atoms with E-state index in [1.807, 2.05) is 0 Å². The molecule has 5 nitrogen and oxygen atoms in total. The van der Waals surface area contributed by atoms with Crippen LogP contribution in [0.5, 0.6) is 5.75 Å². The molecule has 0 amide bonds. The van der Waals surface area contributed by atoms with E-state index < -0.39 is 9.84 Å². The Hall–Kier alpha value is -2.21. The van der Waals surface area contributed by atoms with E-state index in [0.29, 0.717) is 11.3 Å². The fourth-order valence-corrected chi connectivity index (χ4v) is 2.46. The molecule has 2 aromatic rings. The van der Waals surface area contributed by atoms with Crippen LogP contribution in [0.2, 0.25) is 0 Å². The van der Waals surface area contributed by atoms with E-state index in [-0.39, 0.29) is 4.90 Å². The van der Waals surface area contributed by atoms with Crippen molar-refractivity contribution in [3.63, 3.8) is 0 Å². The van der Waals surface area contributed by atoms with Crippen LogP contribution in [0.3, 0.4) is 0 Å². The van der Waals surface area contributed by atoms with Crippen LogP contribution in [-0.2, 0) is 9.84 Å². The van der Waals surface area contributed by atoms with Crippen LogP contribution in [-0.4, -0.2) is 25.5 Å². The smallest absolute Gasteiger partial charge is 0.199 e. The van der Waals surface area contributed by atoms with Gasteiger partial charge in [0.1, 0.15) is 12.1 Å². The molecule has 0 fully saturated rings. The van der Waals surface area contributed by atoms with Crippen LogP contribution in [0, 0.1) is 0 Å². The lowest BCUT2D eigenvalue weighted by molar-refractivity contribution is 0.413. The Morgan fingerprint density at radius 3 is 2.63 bits per heavy atom. The second kappa shape index (κ2) is 5.62. The zero-order valence-corrected chi connectivity index (χ0v) is 11.0. The molecule has 0 bridgehead atoms. The summed E-state index contributed by atoms with van der Waals surface area (Å²) >= 11 is 0. The standard InChI is InChI=1S/C13H12N2O3S/c1-18-12-3-2-4-13(7-12)19(16,17)6-5-11-8-14-10-15-9-11/h2-10H,1H3/b6-5+. The molecule has 1 heterocycles. The van der Waals surface area contributed by atoms with E-state index in [1.54, 1.807) is 12.1 Å². The third-order valence-electron chi connectivity index (χ3n) is 2.39. The molecule has 0 aliphatic heterocycles. The molecule has 1 aromatic carbocycles. The summed E-state index contributed by atoms with van der Waals surface area (Å²) in [6.07, 6.45) is 5.90. The summed E-state index contributed by atoms with van der Waals surface area (Å²) in [5, 5.41) is 1.13. The van der Waals surface area contributed by atoms with E-state index in [2.05, 4.69) is 9.97 Å². The minimum absolute atomic E-state index is 0.181. The summed E-state index contributed by atoms with van der Waals surface area (Å²) < 4.78 is 29.2. The molecule has 1 aromatic heterocycles. The molecular weight excluding hydrogens is 264 g/mol. The Labute approximate surface area is 111 Å². The Morgan fingerprint density at radius 1 is 1.21 bits per heavy atom. The van der Waals surface area contributed by atoms with Crippen LogP contribution >= 0.6 is 0 Å². The predicted octanol–water partition coefficient (Wildman–Crippen LogP) is 1.93. The van der Waals surface area contributed by atoms with Crippen LogP contribution in [0.4, 0.5) is 0 Å². The summed E-state index contributed by atoms with van der Waals surface area (Å²) in [4.78, 5) is 7.80. The van der Waals surface area contributed by atoms with Gasteiger partial charge in [0.2, 0.25) is 0 Å². The largest absolute Gasteiger partial charge is 0.497 e. The van der Waals surface area contributed by atoms with Crippen molar-refractivity contribution >= 4 is 15.9 Å². The lowest BCUT2D eigenvalue weighted by Gasteiger charge is -2.02. The van der Waals surface area contributed by atoms with E-state index in [0.717, 1.165) is 5.41 Å². The average Bonchev–Trinajstić information content (AvgIpc) is 2.46. The average molecular weight is 276 g/mol. The monoisotopic (exact) mass is 276 g/mol. The van der Waals surface area contributed by atoms with Crippen molar-refractivity contribution in [2.45, 2.75) is 4.90 Å². The number of aromatic nitrogens is 2. The van der Waals surface area contributed by atoms with Gasteiger partial charge in [0.05, 0.1) is 12.0 Å². The fraction of sp³-hybridized carbons (Fsp3) is 0.0769. The van der Waals surface area contributed by atoms with Crippen molar-refractivity contribution in [1.29, 1.82) is 0 Å². The second-order valence-corrected chi connectivity index (χ2v) is 5.53. The highest BCUT2D eigenvalue weighted by Gasteiger charge is 2.10. The molecule has 2 rings (SSSR count). The summed E-state index contributed by atoms with van der Waals surface area (Å²) in [6.45, 7) is 0. The highest BCUT2D eigenvalue weighted by Crippen LogP contribution is 2.19. The molecule has 0 aliphatic rings. The first-order valence-electron chi connectivity index (χ1n) is 5.44. The van der Waals surface area contributed by atoms with Crippen LogP contribution < -0.4 is 4.74 Å². The van der Waals surface area contributed by atoms with Gasteiger partial charge in [-0.1, -0.05) is 6.07 Å². The van der Waals surface area contributed by atoms with Crippen molar-refractivity contribution in [2.75, 3.05) is 7.11 Å². The van der Waals surface area contributed by atoms with Crippen molar-refractivity contribution in [1.82, 2.24) is 9.97 Å². The van der Waals surface area contributed by atoms with Gasteiger partial charge < -0.3 is 4.74 Å². The third kappa shape index (κ3) is 3.38. The number of rotatable bonds is 4. The minimum atomic E-state index is -3.51. The topological polar surface area (TPSA) is 69.2 Å². The zero-order valence-electron chi connectivity index (χ0n) is 10.2. The maximum Gasteiger partial charge on any atom is 0.199 e. The Kier molecular flexibility index (Phi) is 3.91. The van der Waals surface area contributed by atoms with Crippen LogP contribution in [0.1, 0.15) is 5.56 Å². The zero-order chi connectivity index (χ0) is 13.7. The number of ether oxygens (including phenoxy) is 1. The molecule has 6 heteroatoms. The van der Waals surface area contributed by atoms with Gasteiger partial charge in [-0.15, -0.1) is 0 Å². The maximum absolute atomic E-state index is 12.1. The SMILES string of the molecule is COc1cccc(S(=O)(=O)/C=C/c2cncnc2)c1.